The van der Waals surface area contributed by atoms with Crippen molar-refractivity contribution in [2.45, 2.75) is 19.5 Å². The first-order chi connectivity index (χ1) is 13.9. The van der Waals surface area contributed by atoms with Gasteiger partial charge in [0.1, 0.15) is 22.6 Å². The minimum atomic E-state index is -0.463. The predicted octanol–water partition coefficient (Wildman–Crippen LogP) is 5.44. The number of anilines is 1. The predicted molar refractivity (Wildman–Crippen MR) is 112 cm³/mol. The number of nitrogens with zero attached hydrogens (tertiary/aromatic N) is 1. The van der Waals surface area contributed by atoms with Gasteiger partial charge in [-0.2, -0.15) is 0 Å². The largest absolute Gasteiger partial charge is 0.438 e. The Morgan fingerprint density at radius 2 is 1.83 bits per heavy atom. The average Bonchev–Trinajstić information content (AvgIpc) is 2.70. The van der Waals surface area contributed by atoms with E-state index >= 15 is 0 Å². The van der Waals surface area contributed by atoms with Crippen molar-refractivity contribution in [3.63, 3.8) is 0 Å². The number of halogens is 3. The molecule has 0 spiro atoms. The Hall–Kier alpha value is -2.83. The van der Waals surface area contributed by atoms with Gasteiger partial charge in [-0.05, 0) is 55.0 Å². The number of amides is 1. The summed E-state index contributed by atoms with van der Waals surface area (Å²) >= 11 is 11.9. The molecule has 0 fully saturated rings. The number of benzene rings is 2. The average molecular weight is 434 g/mol. The van der Waals surface area contributed by atoms with Crippen molar-refractivity contribution >= 4 is 34.8 Å². The number of ether oxygens (including phenoxy) is 1. The van der Waals surface area contributed by atoms with Crippen molar-refractivity contribution < 1.29 is 13.9 Å². The molecule has 0 aliphatic carbocycles. The topological polar surface area (TPSA) is 63.2 Å². The van der Waals surface area contributed by atoms with Crippen LogP contribution in [-0.2, 0) is 11.3 Å². The first-order valence-corrected chi connectivity index (χ1v) is 9.54. The van der Waals surface area contributed by atoms with E-state index in [9.17, 15) is 9.18 Å². The van der Waals surface area contributed by atoms with Gasteiger partial charge in [0.05, 0.1) is 5.02 Å². The van der Waals surface area contributed by atoms with Crippen molar-refractivity contribution in [2.24, 2.45) is 0 Å². The Bertz CT molecular complexity index is 982. The lowest BCUT2D eigenvalue weighted by atomic mass is 10.2. The van der Waals surface area contributed by atoms with Crippen LogP contribution in [-0.4, -0.2) is 16.9 Å². The van der Waals surface area contributed by atoms with E-state index in [0.29, 0.717) is 22.3 Å². The second kappa shape index (κ2) is 9.58. The van der Waals surface area contributed by atoms with Crippen molar-refractivity contribution in [1.29, 1.82) is 0 Å². The lowest BCUT2D eigenvalue weighted by molar-refractivity contribution is -0.121. The molecule has 3 rings (SSSR count). The minimum absolute atomic E-state index is 0.174. The van der Waals surface area contributed by atoms with Crippen LogP contribution < -0.4 is 15.4 Å². The second-order valence-corrected chi connectivity index (χ2v) is 7.12. The fourth-order valence-corrected chi connectivity index (χ4v) is 2.89. The summed E-state index contributed by atoms with van der Waals surface area (Å²) in [7, 11) is 0. The number of carbonyl (C=O) groups excluding carboxylic acids is 1. The molecular formula is C21H18Cl2FN3O2. The zero-order valence-electron chi connectivity index (χ0n) is 15.5. The molecule has 1 unspecified atom stereocenters. The van der Waals surface area contributed by atoms with Crippen molar-refractivity contribution in [3.05, 3.63) is 82.2 Å². The molecule has 0 aliphatic heterocycles. The maximum absolute atomic E-state index is 12.9. The van der Waals surface area contributed by atoms with Gasteiger partial charge < -0.3 is 15.4 Å². The number of pyridine rings is 1. The Morgan fingerprint density at radius 1 is 1.14 bits per heavy atom. The molecule has 2 aromatic carbocycles. The van der Waals surface area contributed by atoms with Gasteiger partial charge in [-0.1, -0.05) is 35.3 Å². The highest BCUT2D eigenvalue weighted by atomic mass is 35.5. The summed E-state index contributed by atoms with van der Waals surface area (Å²) in [5.41, 5.74) is 1.57. The number of hydrogen-bond acceptors (Lipinski definition) is 4. The molecular weight excluding hydrogens is 416 g/mol. The summed E-state index contributed by atoms with van der Waals surface area (Å²) in [6, 6.07) is 14.1. The summed E-state index contributed by atoms with van der Waals surface area (Å²) in [5, 5.41) is 6.66. The van der Waals surface area contributed by atoms with Crippen LogP contribution in [0.3, 0.4) is 0 Å². The highest BCUT2D eigenvalue weighted by Crippen LogP contribution is 2.29. The van der Waals surface area contributed by atoms with Crippen LogP contribution in [0.2, 0.25) is 10.0 Å². The Balaban J connectivity index is 1.52. The van der Waals surface area contributed by atoms with E-state index in [0.717, 1.165) is 11.3 Å². The molecule has 5 nitrogen and oxygen atoms in total. The molecule has 0 saturated carbocycles. The molecule has 1 atom stereocenters. The molecule has 0 aliphatic rings. The Morgan fingerprint density at radius 3 is 2.48 bits per heavy atom. The molecule has 1 aromatic heterocycles. The molecule has 0 radical (unpaired) electrons. The van der Waals surface area contributed by atoms with E-state index < -0.39 is 6.04 Å². The molecule has 150 valence electrons. The van der Waals surface area contributed by atoms with Gasteiger partial charge in [0, 0.05) is 18.4 Å². The van der Waals surface area contributed by atoms with E-state index in [2.05, 4.69) is 15.6 Å². The SMILES string of the molecule is CC(Nc1ccc(Oc2ncc(Cl)cc2Cl)cc1)C(=O)NCc1ccc(F)cc1. The highest BCUT2D eigenvalue weighted by molar-refractivity contribution is 6.35. The van der Waals surface area contributed by atoms with Crippen molar-refractivity contribution in [2.75, 3.05) is 5.32 Å². The molecule has 8 heteroatoms. The van der Waals surface area contributed by atoms with E-state index in [-0.39, 0.29) is 17.6 Å². The van der Waals surface area contributed by atoms with Gasteiger partial charge in [-0.25, -0.2) is 9.37 Å². The third-order valence-electron chi connectivity index (χ3n) is 4.00. The first kappa shape index (κ1) is 20.9. The van der Waals surface area contributed by atoms with Gasteiger partial charge in [0.2, 0.25) is 11.8 Å². The van der Waals surface area contributed by atoms with Gasteiger partial charge in [0.15, 0.2) is 0 Å². The lowest BCUT2D eigenvalue weighted by Gasteiger charge is -2.16. The van der Waals surface area contributed by atoms with Crippen LogP contribution in [0.4, 0.5) is 10.1 Å². The third kappa shape index (κ3) is 6.07. The minimum Gasteiger partial charge on any atom is -0.438 e. The highest BCUT2D eigenvalue weighted by Gasteiger charge is 2.12. The summed E-state index contributed by atoms with van der Waals surface area (Å²) in [6.45, 7) is 2.08. The molecule has 0 saturated heterocycles. The summed E-state index contributed by atoms with van der Waals surface area (Å²) < 4.78 is 18.6. The fraction of sp³-hybridized carbons (Fsp3) is 0.143. The number of aromatic nitrogens is 1. The van der Waals surface area contributed by atoms with Crippen LogP contribution in [0, 0.1) is 5.82 Å². The van der Waals surface area contributed by atoms with Crippen LogP contribution in [0.5, 0.6) is 11.6 Å². The maximum Gasteiger partial charge on any atom is 0.242 e. The number of hydrogen-bond donors (Lipinski definition) is 2. The molecule has 29 heavy (non-hydrogen) atoms. The third-order valence-corrected chi connectivity index (χ3v) is 4.48. The van der Waals surface area contributed by atoms with E-state index in [1.54, 1.807) is 49.4 Å². The molecule has 3 aromatic rings. The van der Waals surface area contributed by atoms with E-state index in [4.69, 9.17) is 27.9 Å². The van der Waals surface area contributed by atoms with Gasteiger partial charge in [-0.15, -0.1) is 0 Å². The first-order valence-electron chi connectivity index (χ1n) is 8.78. The molecule has 1 heterocycles. The van der Waals surface area contributed by atoms with Crippen LogP contribution in [0.1, 0.15) is 12.5 Å². The quantitative estimate of drug-likeness (QED) is 0.520. The zero-order valence-corrected chi connectivity index (χ0v) is 17.0. The standard InChI is InChI=1S/C21H18Cl2FN3O2/c1-13(20(28)25-11-14-2-4-16(24)5-3-14)27-17-6-8-18(9-7-17)29-21-19(23)10-15(22)12-26-21/h2-10,12-13,27H,11H2,1H3,(H,25,28). The second-order valence-electron chi connectivity index (χ2n) is 6.28. The number of carbonyl (C=O) groups is 1. The summed E-state index contributed by atoms with van der Waals surface area (Å²) in [4.78, 5) is 16.3. The molecule has 2 N–H and O–H groups in total. The van der Waals surface area contributed by atoms with Crippen LogP contribution in [0.25, 0.3) is 0 Å². The van der Waals surface area contributed by atoms with E-state index in [1.807, 2.05) is 0 Å². The normalized spacial score (nSPS) is 11.6. The van der Waals surface area contributed by atoms with Crippen LogP contribution >= 0.6 is 23.2 Å². The Kier molecular flexibility index (Phi) is 6.90. The van der Waals surface area contributed by atoms with Crippen molar-refractivity contribution in [3.8, 4) is 11.6 Å². The fourth-order valence-electron chi connectivity index (χ4n) is 2.47. The van der Waals surface area contributed by atoms with E-state index in [1.165, 1.54) is 18.3 Å². The zero-order chi connectivity index (χ0) is 20.8. The van der Waals surface area contributed by atoms with Gasteiger partial charge >= 0.3 is 0 Å². The van der Waals surface area contributed by atoms with Crippen molar-refractivity contribution in [1.82, 2.24) is 10.3 Å². The summed E-state index contributed by atoms with van der Waals surface area (Å²) in [6.07, 6.45) is 1.45. The van der Waals surface area contributed by atoms with Gasteiger partial charge in [-0.3, -0.25) is 4.79 Å². The molecule has 0 bridgehead atoms. The molecule has 1 amide bonds. The van der Waals surface area contributed by atoms with Gasteiger partial charge in [0.25, 0.3) is 0 Å². The lowest BCUT2D eigenvalue weighted by Crippen LogP contribution is -2.37. The number of nitrogens with one attached hydrogen (secondary N) is 2. The van der Waals surface area contributed by atoms with Crippen LogP contribution in [0.15, 0.2) is 60.8 Å². The maximum atomic E-state index is 12.9. The smallest absolute Gasteiger partial charge is 0.242 e. The Labute approximate surface area is 177 Å². The monoisotopic (exact) mass is 433 g/mol. The summed E-state index contributed by atoms with van der Waals surface area (Å²) in [5.74, 6) is 0.314. The number of rotatable bonds is 7.